The zero-order valence-electron chi connectivity index (χ0n) is 17.3. The van der Waals surface area contributed by atoms with Gasteiger partial charge in [-0.1, -0.05) is 36.4 Å². The first-order valence-corrected chi connectivity index (χ1v) is 10.4. The molecule has 162 valence electrons. The normalized spacial score (nSPS) is 14.2. The van der Waals surface area contributed by atoms with Crippen LogP contribution in [0, 0.1) is 11.6 Å². The van der Waals surface area contributed by atoms with Crippen LogP contribution in [-0.2, 0) is 0 Å². The van der Waals surface area contributed by atoms with Gasteiger partial charge in [-0.05, 0) is 31.4 Å². The van der Waals surface area contributed by atoms with Gasteiger partial charge in [0.25, 0.3) is 0 Å². The molecule has 7 nitrogen and oxygen atoms in total. The van der Waals surface area contributed by atoms with Crippen LogP contribution >= 0.6 is 0 Å². The van der Waals surface area contributed by atoms with Gasteiger partial charge in [0.1, 0.15) is 17.5 Å². The van der Waals surface area contributed by atoms with E-state index in [9.17, 15) is 8.78 Å². The molecule has 0 bridgehead atoms. The average molecular weight is 433 g/mol. The van der Waals surface area contributed by atoms with Crippen molar-refractivity contribution >= 4 is 17.7 Å². The van der Waals surface area contributed by atoms with Crippen LogP contribution in [0.1, 0.15) is 43.1 Å². The summed E-state index contributed by atoms with van der Waals surface area (Å²) in [4.78, 5) is 13.5. The molecule has 0 spiro atoms. The predicted octanol–water partition coefficient (Wildman–Crippen LogP) is 5.33. The van der Waals surface area contributed by atoms with Crippen LogP contribution in [0.5, 0.6) is 0 Å². The SMILES string of the molecule is CC(Nc1nc(Nc2cc(-c3ccccc3)[nH]n2)nc(C2CC2)n1)c1ccc(F)cc1F. The Morgan fingerprint density at radius 2 is 1.75 bits per heavy atom. The molecule has 5 rings (SSSR count). The number of anilines is 3. The maximum atomic E-state index is 14.2. The smallest absolute Gasteiger partial charge is 0.233 e. The number of hydrogen-bond donors (Lipinski definition) is 3. The van der Waals surface area contributed by atoms with Crippen molar-refractivity contribution < 1.29 is 8.78 Å². The summed E-state index contributed by atoms with van der Waals surface area (Å²) in [7, 11) is 0. The van der Waals surface area contributed by atoms with Gasteiger partial charge in [0.2, 0.25) is 11.9 Å². The van der Waals surface area contributed by atoms with E-state index in [0.29, 0.717) is 29.1 Å². The number of aromatic amines is 1. The number of hydrogen-bond acceptors (Lipinski definition) is 6. The molecular weight excluding hydrogens is 412 g/mol. The molecule has 32 heavy (non-hydrogen) atoms. The quantitative estimate of drug-likeness (QED) is 0.365. The number of benzene rings is 2. The summed E-state index contributed by atoms with van der Waals surface area (Å²) < 4.78 is 27.4. The summed E-state index contributed by atoms with van der Waals surface area (Å²) in [5.41, 5.74) is 2.21. The van der Waals surface area contributed by atoms with Gasteiger partial charge in [0.15, 0.2) is 5.82 Å². The Kier molecular flexibility index (Phi) is 5.22. The van der Waals surface area contributed by atoms with E-state index >= 15 is 0 Å². The lowest BCUT2D eigenvalue weighted by Gasteiger charge is -2.16. The van der Waals surface area contributed by atoms with Gasteiger partial charge in [-0.2, -0.15) is 20.1 Å². The molecule has 0 radical (unpaired) electrons. The van der Waals surface area contributed by atoms with Crippen molar-refractivity contribution in [2.45, 2.75) is 31.7 Å². The summed E-state index contributed by atoms with van der Waals surface area (Å²) in [6, 6.07) is 14.8. The average Bonchev–Trinajstić information content (AvgIpc) is 3.53. The van der Waals surface area contributed by atoms with E-state index in [1.807, 2.05) is 36.4 Å². The van der Waals surface area contributed by atoms with E-state index < -0.39 is 17.7 Å². The number of nitrogens with zero attached hydrogens (tertiary/aromatic N) is 4. The van der Waals surface area contributed by atoms with Crippen LogP contribution < -0.4 is 10.6 Å². The number of H-pyrrole nitrogens is 1. The van der Waals surface area contributed by atoms with Crippen molar-refractivity contribution in [2.24, 2.45) is 0 Å². The maximum Gasteiger partial charge on any atom is 0.233 e. The van der Waals surface area contributed by atoms with Crippen LogP contribution in [0.15, 0.2) is 54.6 Å². The van der Waals surface area contributed by atoms with Gasteiger partial charge in [-0.25, -0.2) is 8.78 Å². The van der Waals surface area contributed by atoms with Crippen molar-refractivity contribution in [3.05, 3.63) is 77.6 Å². The van der Waals surface area contributed by atoms with Gasteiger partial charge in [0, 0.05) is 23.6 Å². The van der Waals surface area contributed by atoms with E-state index in [0.717, 1.165) is 30.2 Å². The second-order valence-electron chi connectivity index (χ2n) is 7.80. The van der Waals surface area contributed by atoms with E-state index in [-0.39, 0.29) is 5.92 Å². The fourth-order valence-electron chi connectivity index (χ4n) is 3.43. The number of rotatable bonds is 7. The highest BCUT2D eigenvalue weighted by Crippen LogP contribution is 2.38. The van der Waals surface area contributed by atoms with Crippen LogP contribution in [0.25, 0.3) is 11.3 Å². The minimum atomic E-state index is -0.621. The third-order valence-corrected chi connectivity index (χ3v) is 5.27. The summed E-state index contributed by atoms with van der Waals surface area (Å²) in [5.74, 6) is 0.966. The first kappa shape index (κ1) is 20.0. The highest BCUT2D eigenvalue weighted by atomic mass is 19.1. The summed E-state index contributed by atoms with van der Waals surface area (Å²) >= 11 is 0. The van der Waals surface area contributed by atoms with Crippen molar-refractivity contribution in [3.63, 3.8) is 0 Å². The summed E-state index contributed by atoms with van der Waals surface area (Å²) in [6.45, 7) is 1.77. The Labute approximate surface area is 183 Å². The molecular formula is C23H21F2N7. The number of halogens is 2. The fraction of sp³-hybridized carbons (Fsp3) is 0.217. The second kappa shape index (κ2) is 8.33. The Hall–Kier alpha value is -3.88. The standard InChI is InChI=1S/C23H21F2N7/c1-13(17-10-9-16(24)11-18(17)25)26-22-28-21(15-7-8-15)29-23(30-22)27-20-12-19(31-32-20)14-5-3-2-4-6-14/h2-6,9-13,15H,7-8H2,1H3,(H3,26,27,28,29,30,31,32). The minimum absolute atomic E-state index is 0.288. The van der Waals surface area contributed by atoms with Gasteiger partial charge < -0.3 is 10.6 Å². The first-order valence-electron chi connectivity index (χ1n) is 10.4. The van der Waals surface area contributed by atoms with Crippen molar-refractivity contribution in [2.75, 3.05) is 10.6 Å². The molecule has 0 amide bonds. The molecule has 9 heteroatoms. The highest BCUT2D eigenvalue weighted by Gasteiger charge is 2.28. The molecule has 1 atom stereocenters. The van der Waals surface area contributed by atoms with Gasteiger partial charge >= 0.3 is 0 Å². The molecule has 1 unspecified atom stereocenters. The molecule has 0 saturated heterocycles. The zero-order chi connectivity index (χ0) is 22.1. The lowest BCUT2D eigenvalue weighted by molar-refractivity contribution is 0.566. The van der Waals surface area contributed by atoms with Crippen LogP contribution in [0.3, 0.4) is 0 Å². The highest BCUT2D eigenvalue weighted by molar-refractivity contribution is 5.64. The van der Waals surface area contributed by atoms with Gasteiger partial charge in [0.05, 0.1) is 11.7 Å². The van der Waals surface area contributed by atoms with Gasteiger partial charge in [-0.3, -0.25) is 5.10 Å². The second-order valence-corrected chi connectivity index (χ2v) is 7.80. The number of nitrogens with one attached hydrogen (secondary N) is 3. The maximum absolute atomic E-state index is 14.2. The first-order chi connectivity index (χ1) is 15.5. The lowest BCUT2D eigenvalue weighted by Crippen LogP contribution is -2.14. The monoisotopic (exact) mass is 433 g/mol. The molecule has 2 aromatic carbocycles. The molecule has 3 N–H and O–H groups in total. The van der Waals surface area contributed by atoms with Crippen LogP contribution in [0.4, 0.5) is 26.5 Å². The molecule has 2 aromatic heterocycles. The molecule has 0 aliphatic heterocycles. The summed E-state index contributed by atoms with van der Waals surface area (Å²) in [5, 5.41) is 13.5. The molecule has 1 aliphatic carbocycles. The predicted molar refractivity (Wildman–Crippen MR) is 118 cm³/mol. The van der Waals surface area contributed by atoms with Crippen molar-refractivity contribution in [1.82, 2.24) is 25.1 Å². The molecule has 1 fully saturated rings. The van der Waals surface area contributed by atoms with Crippen molar-refractivity contribution in [1.29, 1.82) is 0 Å². The fourth-order valence-corrected chi connectivity index (χ4v) is 3.43. The molecule has 1 saturated carbocycles. The van der Waals surface area contributed by atoms with Crippen LogP contribution in [0.2, 0.25) is 0 Å². The molecule has 4 aromatic rings. The third-order valence-electron chi connectivity index (χ3n) is 5.27. The Bertz CT molecular complexity index is 1240. The third kappa shape index (κ3) is 4.41. The lowest BCUT2D eigenvalue weighted by atomic mass is 10.1. The van der Waals surface area contributed by atoms with E-state index in [4.69, 9.17) is 0 Å². The summed E-state index contributed by atoms with van der Waals surface area (Å²) in [6.07, 6.45) is 2.04. The zero-order valence-corrected chi connectivity index (χ0v) is 17.3. The number of aromatic nitrogens is 5. The minimum Gasteiger partial charge on any atom is -0.347 e. The Morgan fingerprint density at radius 1 is 0.969 bits per heavy atom. The Balaban J connectivity index is 1.38. The van der Waals surface area contributed by atoms with Crippen LogP contribution in [-0.4, -0.2) is 25.1 Å². The van der Waals surface area contributed by atoms with Crippen molar-refractivity contribution in [3.8, 4) is 11.3 Å². The van der Waals surface area contributed by atoms with E-state index in [1.54, 1.807) is 6.92 Å². The molecule has 1 aliphatic rings. The molecule has 2 heterocycles. The van der Waals surface area contributed by atoms with E-state index in [2.05, 4.69) is 35.8 Å². The Morgan fingerprint density at radius 3 is 2.50 bits per heavy atom. The van der Waals surface area contributed by atoms with Gasteiger partial charge in [-0.15, -0.1) is 0 Å². The topological polar surface area (TPSA) is 91.4 Å². The van der Waals surface area contributed by atoms with E-state index in [1.165, 1.54) is 12.1 Å². The largest absolute Gasteiger partial charge is 0.347 e.